The minimum absolute atomic E-state index is 0.521. The standard InChI is InChI=1S/C10H23NO2S2/c1-9(14-4)6-7-11-8-10(2,3)15(5,12)13/h9,11H,6-8H2,1-5H3. The molecule has 0 fully saturated rings. The van der Waals surface area contributed by atoms with Gasteiger partial charge in [-0.25, -0.2) is 8.42 Å². The lowest BCUT2D eigenvalue weighted by atomic mass is 10.2. The van der Waals surface area contributed by atoms with Gasteiger partial charge in [-0.15, -0.1) is 0 Å². The predicted molar refractivity (Wildman–Crippen MR) is 69.4 cm³/mol. The quantitative estimate of drug-likeness (QED) is 0.699. The Morgan fingerprint density at radius 3 is 2.33 bits per heavy atom. The summed E-state index contributed by atoms with van der Waals surface area (Å²) >= 11 is 1.83. The van der Waals surface area contributed by atoms with Crippen molar-refractivity contribution < 1.29 is 8.42 Å². The Kier molecular flexibility index (Phi) is 6.21. The Labute approximate surface area is 98.3 Å². The monoisotopic (exact) mass is 253 g/mol. The van der Waals surface area contributed by atoms with Gasteiger partial charge in [0, 0.05) is 18.1 Å². The second kappa shape index (κ2) is 6.11. The van der Waals surface area contributed by atoms with Gasteiger partial charge in [-0.05, 0) is 33.1 Å². The van der Waals surface area contributed by atoms with E-state index in [4.69, 9.17) is 0 Å². The van der Waals surface area contributed by atoms with Crippen molar-refractivity contribution in [3.63, 3.8) is 0 Å². The van der Waals surface area contributed by atoms with E-state index >= 15 is 0 Å². The third-order valence-electron chi connectivity index (χ3n) is 2.68. The molecule has 3 nitrogen and oxygen atoms in total. The Bertz CT molecular complexity index is 273. The molecule has 0 aliphatic rings. The summed E-state index contributed by atoms with van der Waals surface area (Å²) in [7, 11) is -2.98. The van der Waals surface area contributed by atoms with Gasteiger partial charge in [0.05, 0.1) is 4.75 Å². The number of rotatable bonds is 7. The van der Waals surface area contributed by atoms with E-state index in [2.05, 4.69) is 18.5 Å². The molecule has 0 rings (SSSR count). The molecule has 0 aromatic carbocycles. The molecular weight excluding hydrogens is 230 g/mol. The molecule has 0 saturated carbocycles. The van der Waals surface area contributed by atoms with Gasteiger partial charge in [0.1, 0.15) is 0 Å². The third kappa shape index (κ3) is 5.78. The average Bonchev–Trinajstić information content (AvgIpc) is 2.10. The summed E-state index contributed by atoms with van der Waals surface area (Å²) in [4.78, 5) is 0. The van der Waals surface area contributed by atoms with Crippen LogP contribution in [0.3, 0.4) is 0 Å². The van der Waals surface area contributed by atoms with Crippen LogP contribution < -0.4 is 5.32 Å². The molecule has 0 heterocycles. The van der Waals surface area contributed by atoms with Crippen LogP contribution in [0.1, 0.15) is 27.2 Å². The van der Waals surface area contributed by atoms with E-state index in [0.29, 0.717) is 11.8 Å². The zero-order chi connectivity index (χ0) is 12.1. The number of hydrogen-bond acceptors (Lipinski definition) is 4. The fourth-order valence-corrected chi connectivity index (χ4v) is 1.66. The fraction of sp³-hybridized carbons (Fsp3) is 1.00. The molecule has 0 amide bonds. The first-order chi connectivity index (χ1) is 6.70. The lowest BCUT2D eigenvalue weighted by molar-refractivity contribution is 0.518. The van der Waals surface area contributed by atoms with Crippen LogP contribution in [-0.2, 0) is 9.84 Å². The molecule has 0 aromatic rings. The maximum atomic E-state index is 11.4. The van der Waals surface area contributed by atoms with E-state index in [-0.39, 0.29) is 0 Å². The van der Waals surface area contributed by atoms with Gasteiger partial charge < -0.3 is 5.32 Å². The van der Waals surface area contributed by atoms with Crippen molar-refractivity contribution in [2.24, 2.45) is 0 Å². The minimum atomic E-state index is -2.98. The van der Waals surface area contributed by atoms with Crippen LogP contribution in [0.2, 0.25) is 0 Å². The molecule has 92 valence electrons. The summed E-state index contributed by atoms with van der Waals surface area (Å²) in [6, 6.07) is 0. The maximum absolute atomic E-state index is 11.4. The largest absolute Gasteiger partial charge is 0.315 e. The average molecular weight is 253 g/mol. The Hall–Kier alpha value is 0.260. The summed E-state index contributed by atoms with van der Waals surface area (Å²) in [5.74, 6) is 0. The van der Waals surface area contributed by atoms with Crippen LogP contribution >= 0.6 is 11.8 Å². The molecule has 1 unspecified atom stereocenters. The summed E-state index contributed by atoms with van der Waals surface area (Å²) < 4.78 is 22.1. The molecule has 0 saturated heterocycles. The SMILES string of the molecule is CSC(C)CCNCC(C)(C)S(C)(=O)=O. The number of sulfone groups is 1. The van der Waals surface area contributed by atoms with Crippen molar-refractivity contribution in [2.45, 2.75) is 37.2 Å². The summed E-state index contributed by atoms with van der Waals surface area (Å²) in [5.41, 5.74) is 0. The molecule has 0 aliphatic heterocycles. The van der Waals surface area contributed by atoms with Crippen LogP contribution in [-0.4, -0.2) is 44.0 Å². The van der Waals surface area contributed by atoms with E-state index in [1.807, 2.05) is 11.8 Å². The Balaban J connectivity index is 3.87. The molecule has 15 heavy (non-hydrogen) atoms. The summed E-state index contributed by atoms with van der Waals surface area (Å²) in [6.45, 7) is 7.09. The van der Waals surface area contributed by atoms with Crippen molar-refractivity contribution in [2.75, 3.05) is 25.6 Å². The smallest absolute Gasteiger partial charge is 0.153 e. The van der Waals surface area contributed by atoms with Gasteiger partial charge in [0.15, 0.2) is 9.84 Å². The van der Waals surface area contributed by atoms with Gasteiger partial charge >= 0.3 is 0 Å². The molecule has 0 aliphatic carbocycles. The maximum Gasteiger partial charge on any atom is 0.153 e. The number of thioether (sulfide) groups is 1. The lowest BCUT2D eigenvalue weighted by Crippen LogP contribution is -2.42. The van der Waals surface area contributed by atoms with Crippen molar-refractivity contribution in [1.82, 2.24) is 5.32 Å². The van der Waals surface area contributed by atoms with Crippen LogP contribution in [0, 0.1) is 0 Å². The fourth-order valence-electron chi connectivity index (χ4n) is 0.944. The second-order valence-electron chi connectivity index (χ2n) is 4.54. The second-order valence-corrected chi connectivity index (χ2v) is 8.47. The topological polar surface area (TPSA) is 46.2 Å². The Morgan fingerprint density at radius 2 is 1.93 bits per heavy atom. The normalized spacial score (nSPS) is 15.3. The summed E-state index contributed by atoms with van der Waals surface area (Å²) in [6.07, 6.45) is 4.45. The molecule has 0 spiro atoms. The molecule has 1 N–H and O–H groups in total. The highest BCUT2D eigenvalue weighted by atomic mass is 32.2. The van der Waals surface area contributed by atoms with Crippen molar-refractivity contribution >= 4 is 21.6 Å². The zero-order valence-corrected chi connectivity index (χ0v) is 12.0. The van der Waals surface area contributed by atoms with Crippen LogP contribution in [0.25, 0.3) is 0 Å². The summed E-state index contributed by atoms with van der Waals surface area (Å²) in [5, 5.41) is 3.83. The first-order valence-corrected chi connectivity index (χ1v) is 8.32. The molecular formula is C10H23NO2S2. The predicted octanol–water partition coefficient (Wildman–Crippen LogP) is 1.54. The number of nitrogens with one attached hydrogen (secondary N) is 1. The minimum Gasteiger partial charge on any atom is -0.315 e. The van der Waals surface area contributed by atoms with E-state index in [1.54, 1.807) is 13.8 Å². The van der Waals surface area contributed by atoms with Crippen molar-refractivity contribution in [3.05, 3.63) is 0 Å². The van der Waals surface area contributed by atoms with Gasteiger partial charge in [-0.3, -0.25) is 0 Å². The lowest BCUT2D eigenvalue weighted by Gasteiger charge is -2.23. The highest BCUT2D eigenvalue weighted by Gasteiger charge is 2.29. The van der Waals surface area contributed by atoms with Crippen molar-refractivity contribution in [3.8, 4) is 0 Å². The van der Waals surface area contributed by atoms with Crippen LogP contribution in [0.4, 0.5) is 0 Å². The Morgan fingerprint density at radius 1 is 1.40 bits per heavy atom. The van der Waals surface area contributed by atoms with E-state index < -0.39 is 14.6 Å². The van der Waals surface area contributed by atoms with Gasteiger partial charge in [-0.2, -0.15) is 11.8 Å². The molecule has 1 atom stereocenters. The molecule has 0 bridgehead atoms. The molecule has 0 radical (unpaired) electrons. The highest BCUT2D eigenvalue weighted by Crippen LogP contribution is 2.13. The molecule has 0 aromatic heterocycles. The van der Waals surface area contributed by atoms with Crippen molar-refractivity contribution in [1.29, 1.82) is 0 Å². The highest BCUT2D eigenvalue weighted by molar-refractivity contribution is 7.99. The third-order valence-corrected chi connectivity index (χ3v) is 5.88. The van der Waals surface area contributed by atoms with Gasteiger partial charge in [-0.1, -0.05) is 6.92 Å². The number of hydrogen-bond donors (Lipinski definition) is 1. The van der Waals surface area contributed by atoms with E-state index in [0.717, 1.165) is 13.0 Å². The van der Waals surface area contributed by atoms with E-state index in [1.165, 1.54) is 6.26 Å². The van der Waals surface area contributed by atoms with Gasteiger partial charge in [0.2, 0.25) is 0 Å². The first kappa shape index (κ1) is 15.3. The van der Waals surface area contributed by atoms with Gasteiger partial charge in [0.25, 0.3) is 0 Å². The first-order valence-electron chi connectivity index (χ1n) is 5.14. The molecule has 5 heteroatoms. The van der Waals surface area contributed by atoms with Crippen LogP contribution in [0.15, 0.2) is 0 Å². The zero-order valence-electron chi connectivity index (χ0n) is 10.3. The van der Waals surface area contributed by atoms with Crippen LogP contribution in [0.5, 0.6) is 0 Å². The van der Waals surface area contributed by atoms with E-state index in [9.17, 15) is 8.42 Å².